The van der Waals surface area contributed by atoms with Gasteiger partial charge in [-0.1, -0.05) is 17.9 Å². The standard InChI is InChI=1S/C15H18N2O3S/c1-11-4-5-12(3-2-7-16)9-14(11)15(18)17-13-6-8-21(19,20)10-13/h4-5,9,13H,6-8,10,16H2,1H3,(H,17,18). The lowest BCUT2D eigenvalue weighted by atomic mass is 10.0. The Labute approximate surface area is 124 Å². The summed E-state index contributed by atoms with van der Waals surface area (Å²) >= 11 is 0. The molecule has 3 N–H and O–H groups in total. The van der Waals surface area contributed by atoms with Crippen molar-refractivity contribution in [2.45, 2.75) is 19.4 Å². The first-order valence-corrected chi connectivity index (χ1v) is 8.54. The Bertz CT molecular complexity index is 714. The van der Waals surface area contributed by atoms with Crippen LogP contribution in [0.5, 0.6) is 0 Å². The molecule has 5 nitrogen and oxygen atoms in total. The summed E-state index contributed by atoms with van der Waals surface area (Å²) in [5.74, 6) is 5.52. The second-order valence-corrected chi connectivity index (χ2v) is 7.34. The molecule has 2 rings (SSSR count). The number of nitrogens with two attached hydrogens (primary N) is 1. The second kappa shape index (κ2) is 6.29. The number of nitrogens with one attached hydrogen (secondary N) is 1. The Hall–Kier alpha value is -1.84. The average molecular weight is 306 g/mol. The summed E-state index contributed by atoms with van der Waals surface area (Å²) in [5, 5.41) is 2.78. The van der Waals surface area contributed by atoms with E-state index >= 15 is 0 Å². The molecule has 0 bridgehead atoms. The van der Waals surface area contributed by atoms with E-state index in [2.05, 4.69) is 17.2 Å². The molecule has 0 aromatic heterocycles. The maximum atomic E-state index is 12.3. The number of aryl methyl sites for hydroxylation is 1. The fourth-order valence-electron chi connectivity index (χ4n) is 2.27. The van der Waals surface area contributed by atoms with E-state index in [1.807, 2.05) is 19.1 Å². The number of hydrogen-bond acceptors (Lipinski definition) is 4. The van der Waals surface area contributed by atoms with Crippen molar-refractivity contribution in [1.82, 2.24) is 5.32 Å². The minimum absolute atomic E-state index is 0.0183. The second-order valence-electron chi connectivity index (χ2n) is 5.11. The highest BCUT2D eigenvalue weighted by molar-refractivity contribution is 7.91. The fraction of sp³-hybridized carbons (Fsp3) is 0.400. The molecule has 1 fully saturated rings. The third kappa shape index (κ3) is 4.06. The lowest BCUT2D eigenvalue weighted by Gasteiger charge is -2.12. The molecule has 0 aliphatic carbocycles. The van der Waals surface area contributed by atoms with Crippen LogP contribution in [0, 0.1) is 18.8 Å². The molecule has 21 heavy (non-hydrogen) atoms. The largest absolute Gasteiger partial charge is 0.348 e. The summed E-state index contributed by atoms with van der Waals surface area (Å²) < 4.78 is 22.8. The molecule has 1 aromatic rings. The maximum absolute atomic E-state index is 12.3. The number of rotatable bonds is 2. The van der Waals surface area contributed by atoms with E-state index in [9.17, 15) is 13.2 Å². The van der Waals surface area contributed by atoms with Gasteiger partial charge in [-0.2, -0.15) is 0 Å². The Morgan fingerprint density at radius 3 is 2.86 bits per heavy atom. The number of carbonyl (C=O) groups is 1. The molecule has 1 amide bonds. The van der Waals surface area contributed by atoms with Gasteiger partial charge in [-0.3, -0.25) is 4.79 Å². The third-order valence-electron chi connectivity index (χ3n) is 3.38. The summed E-state index contributed by atoms with van der Waals surface area (Å²) in [6.07, 6.45) is 0.472. The zero-order chi connectivity index (χ0) is 15.5. The van der Waals surface area contributed by atoms with Gasteiger partial charge >= 0.3 is 0 Å². The van der Waals surface area contributed by atoms with Crippen LogP contribution in [0.1, 0.15) is 27.9 Å². The first kappa shape index (κ1) is 15.5. The van der Waals surface area contributed by atoms with E-state index in [-0.39, 0.29) is 30.0 Å². The molecule has 1 aliphatic rings. The fourth-order valence-corrected chi connectivity index (χ4v) is 3.94. The van der Waals surface area contributed by atoms with Gasteiger partial charge in [0, 0.05) is 17.2 Å². The molecule has 0 radical (unpaired) electrons. The van der Waals surface area contributed by atoms with Crippen molar-refractivity contribution in [3.05, 3.63) is 34.9 Å². The SMILES string of the molecule is Cc1ccc(C#CCN)cc1C(=O)NC1CCS(=O)(=O)C1. The van der Waals surface area contributed by atoms with Crippen LogP contribution in [0.2, 0.25) is 0 Å². The molecular weight excluding hydrogens is 288 g/mol. The number of sulfone groups is 1. The van der Waals surface area contributed by atoms with Gasteiger partial charge < -0.3 is 11.1 Å². The smallest absolute Gasteiger partial charge is 0.251 e. The van der Waals surface area contributed by atoms with Crippen molar-refractivity contribution >= 4 is 15.7 Å². The van der Waals surface area contributed by atoms with Gasteiger partial charge in [-0.05, 0) is 31.0 Å². The van der Waals surface area contributed by atoms with Crippen molar-refractivity contribution in [2.24, 2.45) is 5.73 Å². The van der Waals surface area contributed by atoms with Crippen molar-refractivity contribution in [2.75, 3.05) is 18.1 Å². The Morgan fingerprint density at radius 1 is 1.48 bits per heavy atom. The highest BCUT2D eigenvalue weighted by Gasteiger charge is 2.29. The first-order valence-electron chi connectivity index (χ1n) is 6.72. The van der Waals surface area contributed by atoms with Gasteiger partial charge in [0.15, 0.2) is 9.84 Å². The van der Waals surface area contributed by atoms with Crippen LogP contribution in [0.3, 0.4) is 0 Å². The minimum Gasteiger partial charge on any atom is -0.348 e. The number of benzene rings is 1. The summed E-state index contributed by atoms with van der Waals surface area (Å²) in [6, 6.07) is 5.05. The molecule has 1 unspecified atom stereocenters. The van der Waals surface area contributed by atoms with Gasteiger partial charge in [0.05, 0.1) is 18.1 Å². The van der Waals surface area contributed by atoms with Gasteiger partial charge in [-0.25, -0.2) is 8.42 Å². The van der Waals surface area contributed by atoms with Crippen LogP contribution in [0.15, 0.2) is 18.2 Å². The van der Waals surface area contributed by atoms with E-state index in [0.29, 0.717) is 12.0 Å². The first-order chi connectivity index (χ1) is 9.91. The molecule has 0 spiro atoms. The topological polar surface area (TPSA) is 89.3 Å². The minimum atomic E-state index is -3.00. The molecule has 1 saturated heterocycles. The summed E-state index contributed by atoms with van der Waals surface area (Å²) in [5.41, 5.74) is 7.39. The molecule has 1 aliphatic heterocycles. The van der Waals surface area contributed by atoms with E-state index in [0.717, 1.165) is 11.1 Å². The van der Waals surface area contributed by atoms with Crippen LogP contribution >= 0.6 is 0 Å². The zero-order valence-electron chi connectivity index (χ0n) is 11.8. The van der Waals surface area contributed by atoms with Crippen LogP contribution in [-0.4, -0.2) is 38.4 Å². The predicted molar refractivity (Wildman–Crippen MR) is 81.6 cm³/mol. The molecule has 1 atom stereocenters. The van der Waals surface area contributed by atoms with Crippen molar-refractivity contribution < 1.29 is 13.2 Å². The van der Waals surface area contributed by atoms with E-state index in [4.69, 9.17) is 5.73 Å². The quantitative estimate of drug-likeness (QED) is 0.765. The predicted octanol–water partition coefficient (Wildman–Crippen LogP) is 0.222. The molecule has 1 heterocycles. The number of amides is 1. The monoisotopic (exact) mass is 306 g/mol. The number of carbonyl (C=O) groups excluding carboxylic acids is 1. The summed E-state index contributed by atoms with van der Waals surface area (Å²) in [7, 11) is -3.00. The molecule has 0 saturated carbocycles. The lowest BCUT2D eigenvalue weighted by molar-refractivity contribution is 0.0940. The van der Waals surface area contributed by atoms with E-state index in [1.54, 1.807) is 6.07 Å². The van der Waals surface area contributed by atoms with Crippen LogP contribution < -0.4 is 11.1 Å². The zero-order valence-corrected chi connectivity index (χ0v) is 12.7. The highest BCUT2D eigenvalue weighted by atomic mass is 32.2. The average Bonchev–Trinajstić information content (AvgIpc) is 2.76. The van der Waals surface area contributed by atoms with Gasteiger partial charge in [0.1, 0.15) is 0 Å². The molecular formula is C15H18N2O3S. The normalized spacial score (nSPS) is 19.6. The molecule has 112 valence electrons. The Morgan fingerprint density at radius 2 is 2.24 bits per heavy atom. The van der Waals surface area contributed by atoms with Crippen molar-refractivity contribution in [3.8, 4) is 11.8 Å². The van der Waals surface area contributed by atoms with Crippen LogP contribution in [0.25, 0.3) is 0 Å². The highest BCUT2D eigenvalue weighted by Crippen LogP contribution is 2.14. The number of hydrogen-bond donors (Lipinski definition) is 2. The van der Waals surface area contributed by atoms with Crippen molar-refractivity contribution in [3.63, 3.8) is 0 Å². The molecule has 6 heteroatoms. The maximum Gasteiger partial charge on any atom is 0.251 e. The Balaban J connectivity index is 2.15. The van der Waals surface area contributed by atoms with Crippen LogP contribution in [-0.2, 0) is 9.84 Å². The lowest BCUT2D eigenvalue weighted by Crippen LogP contribution is -2.36. The third-order valence-corrected chi connectivity index (χ3v) is 5.15. The molecule has 1 aromatic carbocycles. The summed E-state index contributed by atoms with van der Waals surface area (Å²) in [6.45, 7) is 2.09. The van der Waals surface area contributed by atoms with Gasteiger partial charge in [-0.15, -0.1) is 0 Å². The van der Waals surface area contributed by atoms with E-state index < -0.39 is 9.84 Å². The van der Waals surface area contributed by atoms with E-state index in [1.165, 1.54) is 0 Å². The Kier molecular flexibility index (Phi) is 4.66. The van der Waals surface area contributed by atoms with Gasteiger partial charge in [0.25, 0.3) is 5.91 Å². The van der Waals surface area contributed by atoms with Crippen LogP contribution in [0.4, 0.5) is 0 Å². The summed E-state index contributed by atoms with van der Waals surface area (Å²) in [4.78, 5) is 12.3. The van der Waals surface area contributed by atoms with Gasteiger partial charge in [0.2, 0.25) is 0 Å². The van der Waals surface area contributed by atoms with Crippen molar-refractivity contribution in [1.29, 1.82) is 0 Å².